The van der Waals surface area contributed by atoms with Crippen molar-refractivity contribution in [2.45, 2.75) is 13.8 Å². The lowest BCUT2D eigenvalue weighted by atomic mass is 10.2. The fraction of sp³-hybridized carbons (Fsp3) is 0.286. The molecule has 0 saturated carbocycles. The summed E-state index contributed by atoms with van der Waals surface area (Å²) >= 11 is 0. The highest BCUT2D eigenvalue weighted by molar-refractivity contribution is 5.91. The quantitative estimate of drug-likeness (QED) is 0.885. The van der Waals surface area contributed by atoms with Crippen molar-refractivity contribution in [2.75, 3.05) is 11.9 Å². The molecular formula is C14H18N4O. The van der Waals surface area contributed by atoms with Crippen LogP contribution in [-0.4, -0.2) is 22.4 Å². The van der Waals surface area contributed by atoms with E-state index in [1.165, 1.54) is 0 Å². The Kier molecular flexibility index (Phi) is 4.18. The minimum absolute atomic E-state index is 0.201. The smallest absolute Gasteiger partial charge is 0.319 e. The van der Waals surface area contributed by atoms with E-state index >= 15 is 0 Å². The highest BCUT2D eigenvalue weighted by atomic mass is 16.2. The maximum atomic E-state index is 11.8. The van der Waals surface area contributed by atoms with Gasteiger partial charge < -0.3 is 10.6 Å². The zero-order chi connectivity index (χ0) is 13.7. The van der Waals surface area contributed by atoms with Crippen LogP contribution in [0.2, 0.25) is 0 Å². The lowest BCUT2D eigenvalue weighted by Gasteiger charge is -2.12. The Morgan fingerprint density at radius 3 is 2.79 bits per heavy atom. The Labute approximate surface area is 112 Å². The zero-order valence-electron chi connectivity index (χ0n) is 11.1. The fourth-order valence-corrected chi connectivity index (χ4v) is 1.65. The Morgan fingerprint density at radius 1 is 1.32 bits per heavy atom. The van der Waals surface area contributed by atoms with Gasteiger partial charge in [0.2, 0.25) is 0 Å². The van der Waals surface area contributed by atoms with Gasteiger partial charge in [0.15, 0.2) is 0 Å². The monoisotopic (exact) mass is 258 g/mol. The number of rotatable bonds is 4. The molecule has 2 aromatic rings. The number of aromatic nitrogens is 2. The molecule has 0 saturated heterocycles. The van der Waals surface area contributed by atoms with Crippen molar-refractivity contribution >= 4 is 11.7 Å². The van der Waals surface area contributed by atoms with E-state index in [2.05, 4.69) is 29.6 Å². The van der Waals surface area contributed by atoms with E-state index < -0.39 is 0 Å². The molecule has 0 atom stereocenters. The van der Waals surface area contributed by atoms with Crippen LogP contribution in [-0.2, 0) is 0 Å². The summed E-state index contributed by atoms with van der Waals surface area (Å²) in [5.74, 6) is 0.423. The van der Waals surface area contributed by atoms with E-state index in [1.54, 1.807) is 10.9 Å². The van der Waals surface area contributed by atoms with E-state index in [0.29, 0.717) is 12.5 Å². The van der Waals surface area contributed by atoms with Crippen LogP contribution in [0.15, 0.2) is 42.7 Å². The maximum absolute atomic E-state index is 11.8. The van der Waals surface area contributed by atoms with Crippen molar-refractivity contribution in [2.24, 2.45) is 5.92 Å². The first-order valence-electron chi connectivity index (χ1n) is 6.30. The van der Waals surface area contributed by atoms with Gasteiger partial charge in [-0.15, -0.1) is 0 Å². The van der Waals surface area contributed by atoms with Gasteiger partial charge in [-0.25, -0.2) is 9.48 Å². The molecule has 0 aliphatic rings. The predicted molar refractivity (Wildman–Crippen MR) is 75.4 cm³/mol. The molecule has 0 radical (unpaired) electrons. The molecule has 19 heavy (non-hydrogen) atoms. The van der Waals surface area contributed by atoms with Crippen molar-refractivity contribution in [3.05, 3.63) is 42.7 Å². The number of nitrogens with one attached hydrogen (secondary N) is 2. The number of carbonyl (C=O) groups is 1. The number of para-hydroxylation sites is 2. The van der Waals surface area contributed by atoms with Gasteiger partial charge in [-0.3, -0.25) is 0 Å². The third kappa shape index (κ3) is 3.58. The summed E-state index contributed by atoms with van der Waals surface area (Å²) in [5.41, 5.74) is 1.57. The van der Waals surface area contributed by atoms with Crippen molar-refractivity contribution in [3.8, 4) is 5.69 Å². The number of hydrogen-bond acceptors (Lipinski definition) is 2. The van der Waals surface area contributed by atoms with Crippen LogP contribution in [0, 0.1) is 5.92 Å². The summed E-state index contributed by atoms with van der Waals surface area (Å²) in [6.07, 6.45) is 3.54. The normalized spacial score (nSPS) is 10.5. The van der Waals surface area contributed by atoms with E-state index in [-0.39, 0.29) is 6.03 Å². The molecule has 0 unspecified atom stereocenters. The Bertz CT molecular complexity index is 534. The molecule has 1 aromatic heterocycles. The van der Waals surface area contributed by atoms with Gasteiger partial charge in [0.25, 0.3) is 0 Å². The summed E-state index contributed by atoms with van der Waals surface area (Å²) in [4.78, 5) is 11.8. The molecule has 5 nitrogen and oxygen atoms in total. The molecule has 0 aliphatic carbocycles. The van der Waals surface area contributed by atoms with Crippen LogP contribution in [0.4, 0.5) is 10.5 Å². The average molecular weight is 258 g/mol. The largest absolute Gasteiger partial charge is 0.338 e. The van der Waals surface area contributed by atoms with Gasteiger partial charge in [0.05, 0.1) is 11.4 Å². The van der Waals surface area contributed by atoms with Crippen LogP contribution >= 0.6 is 0 Å². The number of nitrogens with zero attached hydrogens (tertiary/aromatic N) is 2. The molecule has 1 aromatic carbocycles. The topological polar surface area (TPSA) is 59.0 Å². The Hall–Kier alpha value is -2.30. The van der Waals surface area contributed by atoms with Crippen LogP contribution in [0.25, 0.3) is 5.69 Å². The van der Waals surface area contributed by atoms with Gasteiger partial charge in [0, 0.05) is 18.9 Å². The molecule has 2 N–H and O–H groups in total. The van der Waals surface area contributed by atoms with E-state index in [4.69, 9.17) is 0 Å². The summed E-state index contributed by atoms with van der Waals surface area (Å²) in [6, 6.07) is 9.19. The minimum atomic E-state index is -0.201. The van der Waals surface area contributed by atoms with Gasteiger partial charge in [-0.05, 0) is 24.1 Å². The number of amides is 2. The molecule has 0 aliphatic heterocycles. The van der Waals surface area contributed by atoms with Gasteiger partial charge in [0.1, 0.15) is 0 Å². The highest BCUT2D eigenvalue weighted by Gasteiger charge is 2.07. The Morgan fingerprint density at radius 2 is 2.11 bits per heavy atom. The predicted octanol–water partition coefficient (Wildman–Crippen LogP) is 2.65. The first-order valence-corrected chi connectivity index (χ1v) is 6.30. The van der Waals surface area contributed by atoms with E-state index in [1.807, 2.05) is 36.5 Å². The standard InChI is InChI=1S/C14H18N4O/c1-11(2)10-15-14(19)17-12-6-3-4-7-13(12)18-9-5-8-16-18/h3-9,11H,10H2,1-2H3,(H2,15,17,19). The van der Waals surface area contributed by atoms with Crippen molar-refractivity contribution in [1.29, 1.82) is 0 Å². The van der Waals surface area contributed by atoms with E-state index in [0.717, 1.165) is 11.4 Å². The fourth-order valence-electron chi connectivity index (χ4n) is 1.65. The Balaban J connectivity index is 2.10. The number of benzene rings is 1. The second kappa shape index (κ2) is 6.04. The van der Waals surface area contributed by atoms with Crippen LogP contribution < -0.4 is 10.6 Å². The van der Waals surface area contributed by atoms with Crippen molar-refractivity contribution < 1.29 is 4.79 Å². The summed E-state index contributed by atoms with van der Waals surface area (Å²) in [6.45, 7) is 4.76. The third-order valence-electron chi connectivity index (χ3n) is 2.57. The van der Waals surface area contributed by atoms with Gasteiger partial charge in [-0.2, -0.15) is 5.10 Å². The first-order chi connectivity index (χ1) is 9.16. The van der Waals surface area contributed by atoms with E-state index in [9.17, 15) is 4.79 Å². The molecule has 2 amide bonds. The molecule has 5 heteroatoms. The van der Waals surface area contributed by atoms with Crippen LogP contribution in [0.1, 0.15) is 13.8 Å². The summed E-state index contributed by atoms with van der Waals surface area (Å²) in [5, 5.41) is 9.84. The van der Waals surface area contributed by atoms with Crippen LogP contribution in [0.3, 0.4) is 0 Å². The zero-order valence-corrected chi connectivity index (χ0v) is 11.1. The molecule has 1 heterocycles. The maximum Gasteiger partial charge on any atom is 0.319 e. The van der Waals surface area contributed by atoms with Gasteiger partial charge in [-0.1, -0.05) is 26.0 Å². The molecule has 100 valence electrons. The number of anilines is 1. The first kappa shape index (κ1) is 13.1. The van der Waals surface area contributed by atoms with Gasteiger partial charge >= 0.3 is 6.03 Å². The lowest BCUT2D eigenvalue weighted by Crippen LogP contribution is -2.32. The molecule has 0 fully saturated rings. The molecule has 0 spiro atoms. The number of carbonyl (C=O) groups excluding carboxylic acids is 1. The lowest BCUT2D eigenvalue weighted by molar-refractivity contribution is 0.251. The number of hydrogen-bond donors (Lipinski definition) is 2. The number of urea groups is 1. The van der Waals surface area contributed by atoms with Crippen molar-refractivity contribution in [1.82, 2.24) is 15.1 Å². The summed E-state index contributed by atoms with van der Waals surface area (Å²) in [7, 11) is 0. The van der Waals surface area contributed by atoms with Crippen LogP contribution in [0.5, 0.6) is 0 Å². The minimum Gasteiger partial charge on any atom is -0.338 e. The second-order valence-corrected chi connectivity index (χ2v) is 4.70. The summed E-state index contributed by atoms with van der Waals surface area (Å²) < 4.78 is 1.72. The molecule has 0 bridgehead atoms. The second-order valence-electron chi connectivity index (χ2n) is 4.70. The SMILES string of the molecule is CC(C)CNC(=O)Nc1ccccc1-n1cccn1. The molecule has 2 rings (SSSR count). The highest BCUT2D eigenvalue weighted by Crippen LogP contribution is 2.18. The molecular weight excluding hydrogens is 240 g/mol. The average Bonchev–Trinajstić information content (AvgIpc) is 2.91. The van der Waals surface area contributed by atoms with Crippen molar-refractivity contribution in [3.63, 3.8) is 0 Å². The third-order valence-corrected chi connectivity index (χ3v) is 2.57.